The first-order valence-electron chi connectivity index (χ1n) is 16.4. The molecule has 2 aromatic carbocycles. The summed E-state index contributed by atoms with van der Waals surface area (Å²) >= 11 is 6.33. The molecule has 1 saturated carbocycles. The van der Waals surface area contributed by atoms with Crippen molar-refractivity contribution in [2.24, 2.45) is 17.8 Å². The third-order valence-electron chi connectivity index (χ3n) is 10.3. The Labute approximate surface area is 272 Å². The molecule has 0 saturated heterocycles. The van der Waals surface area contributed by atoms with Gasteiger partial charge in [0.15, 0.2) is 0 Å². The van der Waals surface area contributed by atoms with Crippen LogP contribution in [0.4, 0.5) is 5.69 Å². The first-order chi connectivity index (χ1) is 21.5. The third kappa shape index (κ3) is 7.96. The largest absolute Gasteiger partial charge is 0.487 e. The Morgan fingerprint density at radius 3 is 2.67 bits per heavy atom. The number of nitrogens with zero attached hydrogens (tertiary/aromatic N) is 1. The number of carbonyl (C=O) groups is 1. The molecule has 2 bridgehead atoms. The normalized spacial score (nSPS) is 29.2. The van der Waals surface area contributed by atoms with Gasteiger partial charge in [0.25, 0.3) is 5.91 Å². The summed E-state index contributed by atoms with van der Waals surface area (Å²) in [6.07, 6.45) is 6.37. The average Bonchev–Trinajstić information content (AvgIpc) is 3.01. The second-order valence-corrected chi connectivity index (χ2v) is 15.8. The summed E-state index contributed by atoms with van der Waals surface area (Å²) in [6.45, 7) is 6.02. The summed E-state index contributed by atoms with van der Waals surface area (Å²) in [7, 11) is -3.95. The molecule has 1 amide bonds. The van der Waals surface area contributed by atoms with Gasteiger partial charge < -0.3 is 25.2 Å². The maximum Gasteiger partial charge on any atom is 0.264 e. The number of nitrogens with one attached hydrogen (secondary N) is 2. The number of ether oxygens (including phenoxy) is 1. The summed E-state index contributed by atoms with van der Waals surface area (Å²) < 4.78 is 35.4. The zero-order chi connectivity index (χ0) is 32.2. The van der Waals surface area contributed by atoms with Crippen LogP contribution in [0.2, 0.25) is 5.02 Å². The van der Waals surface area contributed by atoms with Crippen LogP contribution in [0.25, 0.3) is 0 Å². The predicted octanol–water partition coefficient (Wildman–Crippen LogP) is 4.67. The molecule has 9 nitrogen and oxygen atoms in total. The van der Waals surface area contributed by atoms with E-state index in [0.717, 1.165) is 48.9 Å². The van der Waals surface area contributed by atoms with E-state index in [-0.39, 0.29) is 29.9 Å². The Balaban J connectivity index is 1.54. The maximum absolute atomic E-state index is 13.4. The molecule has 0 radical (unpaired) electrons. The van der Waals surface area contributed by atoms with E-state index < -0.39 is 26.8 Å². The summed E-state index contributed by atoms with van der Waals surface area (Å²) in [6, 6.07) is 11.0. The second kappa shape index (κ2) is 14.6. The molecule has 1 unspecified atom stereocenters. The molecular weight excluding hydrogens is 614 g/mol. The fourth-order valence-corrected chi connectivity index (χ4v) is 8.70. The lowest BCUT2D eigenvalue weighted by Gasteiger charge is -2.49. The maximum atomic E-state index is 13.4. The number of rotatable bonds is 4. The van der Waals surface area contributed by atoms with E-state index in [4.69, 9.17) is 16.3 Å². The van der Waals surface area contributed by atoms with Gasteiger partial charge in [-0.1, -0.05) is 31.0 Å². The highest BCUT2D eigenvalue weighted by molar-refractivity contribution is 7.90. The first kappa shape index (κ1) is 34.0. The molecular formula is C34H48ClN3O6S. The quantitative estimate of drug-likeness (QED) is 0.348. The SMILES string of the molecule is CC1CCC[C@@](O)(CNCCO)[C@@H]2CC[C@H]2CN2CCCCc3cc(Cl)ccc3COc3ccc(cc32)C(=O)NS(=O)(=O)[C@@H]1C. The zero-order valence-corrected chi connectivity index (χ0v) is 28.0. The third-order valence-corrected chi connectivity index (χ3v) is 12.5. The molecule has 2 aliphatic heterocycles. The van der Waals surface area contributed by atoms with Gasteiger partial charge in [-0.15, -0.1) is 0 Å². The number of aliphatic hydroxyl groups excluding tert-OH is 1. The molecule has 248 valence electrons. The zero-order valence-electron chi connectivity index (χ0n) is 26.4. The minimum Gasteiger partial charge on any atom is -0.487 e. The number of aliphatic hydroxyl groups is 2. The van der Waals surface area contributed by atoms with Gasteiger partial charge in [0.2, 0.25) is 10.0 Å². The monoisotopic (exact) mass is 661 g/mol. The molecule has 3 aliphatic rings. The molecule has 2 heterocycles. The standard InChI is InChI=1S/C34H48ClN3O6S/c1-23-6-5-14-34(41,22-36-15-17-39)30-12-9-27(30)20-38-16-4-3-7-25-18-29(35)11-8-28(25)21-44-32-13-10-26(19-31(32)38)33(40)37-45(42,43)24(23)2/h8,10-11,13,18-19,23-24,27,30,36,39,41H,3-7,9,12,14-17,20-22H2,1-2H3,(H,37,40)/t23?,24-,27+,30-,34-/m1/s1. The van der Waals surface area contributed by atoms with Crippen LogP contribution in [0.15, 0.2) is 36.4 Å². The topological polar surface area (TPSA) is 128 Å². The molecule has 45 heavy (non-hydrogen) atoms. The lowest BCUT2D eigenvalue weighted by atomic mass is 9.63. The van der Waals surface area contributed by atoms with Crippen molar-refractivity contribution in [1.29, 1.82) is 0 Å². The van der Waals surface area contributed by atoms with Crippen LogP contribution in [0.3, 0.4) is 0 Å². The van der Waals surface area contributed by atoms with Crippen LogP contribution in [-0.4, -0.2) is 68.2 Å². The van der Waals surface area contributed by atoms with Crippen molar-refractivity contribution in [2.75, 3.05) is 37.7 Å². The van der Waals surface area contributed by atoms with Gasteiger partial charge in [0.1, 0.15) is 12.4 Å². The highest BCUT2D eigenvalue weighted by Crippen LogP contribution is 2.46. The highest BCUT2D eigenvalue weighted by atomic mass is 35.5. The van der Waals surface area contributed by atoms with Crippen molar-refractivity contribution in [3.05, 3.63) is 58.1 Å². The Bertz CT molecular complexity index is 1460. The van der Waals surface area contributed by atoms with Gasteiger partial charge >= 0.3 is 0 Å². The van der Waals surface area contributed by atoms with Gasteiger partial charge in [-0.2, -0.15) is 0 Å². The van der Waals surface area contributed by atoms with E-state index in [9.17, 15) is 23.4 Å². The van der Waals surface area contributed by atoms with Crippen molar-refractivity contribution in [1.82, 2.24) is 10.0 Å². The van der Waals surface area contributed by atoms with Crippen molar-refractivity contribution in [3.63, 3.8) is 0 Å². The number of hydrogen-bond acceptors (Lipinski definition) is 8. The van der Waals surface area contributed by atoms with E-state index in [1.807, 2.05) is 25.1 Å². The van der Waals surface area contributed by atoms with Gasteiger partial charge in [-0.25, -0.2) is 13.1 Å². The predicted molar refractivity (Wildman–Crippen MR) is 177 cm³/mol. The number of sulfonamides is 1. The lowest BCUT2D eigenvalue weighted by molar-refractivity contribution is -0.0866. The fourth-order valence-electron chi connectivity index (χ4n) is 7.20. The molecule has 4 N–H and O–H groups in total. The fraction of sp³-hybridized carbons (Fsp3) is 0.618. The van der Waals surface area contributed by atoms with Gasteiger partial charge in [-0.3, -0.25) is 4.79 Å². The number of halogens is 1. The van der Waals surface area contributed by atoms with Crippen LogP contribution in [0.1, 0.15) is 80.3 Å². The minimum absolute atomic E-state index is 0.00866. The van der Waals surface area contributed by atoms with Crippen LogP contribution >= 0.6 is 11.6 Å². The van der Waals surface area contributed by atoms with E-state index in [1.54, 1.807) is 25.1 Å². The number of amides is 1. The first-order valence-corrected chi connectivity index (χ1v) is 18.3. The van der Waals surface area contributed by atoms with Gasteiger partial charge in [0.05, 0.1) is 23.1 Å². The summed E-state index contributed by atoms with van der Waals surface area (Å²) in [4.78, 5) is 15.7. The lowest BCUT2D eigenvalue weighted by Crippen LogP contribution is -2.55. The summed E-state index contributed by atoms with van der Waals surface area (Å²) in [5, 5.41) is 24.7. The molecule has 1 fully saturated rings. The number of hydrogen-bond donors (Lipinski definition) is 4. The Hall–Kier alpha value is -2.37. The smallest absolute Gasteiger partial charge is 0.264 e. The van der Waals surface area contributed by atoms with E-state index in [1.165, 1.54) is 0 Å². The second-order valence-electron chi connectivity index (χ2n) is 13.3. The summed E-state index contributed by atoms with van der Waals surface area (Å²) in [5.41, 5.74) is 2.24. The van der Waals surface area contributed by atoms with E-state index in [2.05, 4.69) is 14.9 Å². The van der Waals surface area contributed by atoms with Crippen molar-refractivity contribution >= 4 is 33.2 Å². The molecule has 2 aromatic rings. The minimum atomic E-state index is -3.95. The Kier molecular flexibility index (Phi) is 11.0. The molecule has 1 aliphatic carbocycles. The summed E-state index contributed by atoms with van der Waals surface area (Å²) in [5.74, 6) is 0.0275. The number of carbonyl (C=O) groups excluding carboxylic acids is 1. The van der Waals surface area contributed by atoms with Gasteiger partial charge in [-0.05, 0) is 111 Å². The van der Waals surface area contributed by atoms with E-state index in [0.29, 0.717) is 62.8 Å². The van der Waals surface area contributed by atoms with Crippen molar-refractivity contribution in [2.45, 2.75) is 82.7 Å². The van der Waals surface area contributed by atoms with E-state index >= 15 is 0 Å². The van der Waals surface area contributed by atoms with Crippen LogP contribution < -0.4 is 19.7 Å². The number of benzene rings is 2. The van der Waals surface area contributed by atoms with Crippen LogP contribution in [0.5, 0.6) is 5.75 Å². The molecule has 0 aromatic heterocycles. The Morgan fingerprint density at radius 1 is 1.09 bits per heavy atom. The Morgan fingerprint density at radius 2 is 1.91 bits per heavy atom. The number of anilines is 1. The average molecular weight is 662 g/mol. The highest BCUT2D eigenvalue weighted by Gasteiger charge is 2.46. The number of aryl methyl sites for hydroxylation is 1. The van der Waals surface area contributed by atoms with Crippen molar-refractivity contribution < 1.29 is 28.2 Å². The van der Waals surface area contributed by atoms with Crippen LogP contribution in [-0.2, 0) is 23.1 Å². The van der Waals surface area contributed by atoms with Crippen LogP contribution in [0, 0.1) is 17.8 Å². The van der Waals surface area contributed by atoms with Gasteiger partial charge in [0, 0.05) is 36.8 Å². The molecule has 0 spiro atoms. The molecule has 5 rings (SSSR count). The molecule has 5 atom stereocenters. The molecule has 11 heteroatoms. The number of fused-ring (bicyclic) bond motifs is 3. The van der Waals surface area contributed by atoms with Crippen molar-refractivity contribution in [3.8, 4) is 5.75 Å².